The molecule has 34 heavy (non-hydrogen) atoms. The second kappa shape index (κ2) is 5.72. The van der Waals surface area contributed by atoms with E-state index in [0.29, 0.717) is 0 Å². The third kappa shape index (κ3) is 1.92. The van der Waals surface area contributed by atoms with E-state index in [0.717, 1.165) is 17.0 Å². The van der Waals surface area contributed by atoms with Crippen LogP contribution in [0.15, 0.2) is 95.5 Å². The molecule has 4 nitrogen and oxygen atoms in total. The van der Waals surface area contributed by atoms with Gasteiger partial charge in [-0.05, 0) is 22.9 Å². The minimum absolute atomic E-state index is 0.229. The van der Waals surface area contributed by atoms with Crippen molar-refractivity contribution in [3.8, 4) is 0 Å². The first-order valence-corrected chi connectivity index (χ1v) is 11.8. The highest BCUT2D eigenvalue weighted by atomic mass is 16.3. The summed E-state index contributed by atoms with van der Waals surface area (Å²) in [5.41, 5.74) is 5.48. The van der Waals surface area contributed by atoms with Crippen LogP contribution in [-0.2, 0) is 0 Å². The highest BCUT2D eigenvalue weighted by molar-refractivity contribution is 6.26. The number of fused-ring (bicyclic) bond motifs is 12. The minimum atomic E-state index is 0.229. The number of para-hydroxylation sites is 1. The predicted octanol–water partition coefficient (Wildman–Crippen LogP) is 7.44. The standard InChI is InChI=1S/C30H19N3O/c1-2-7-17-16(6-1)12-13-25-27(17)21-14-20-18-8-5-9-19-28-30(32-23-11-4-3-10-22(23)31-28)33(29(18)19)24(20)15-26(21)34-25/h1-15,22-23,31-32H. The second-order valence-corrected chi connectivity index (χ2v) is 9.50. The number of hydrogen-bond donors (Lipinski definition) is 2. The van der Waals surface area contributed by atoms with Crippen molar-refractivity contribution in [2.75, 3.05) is 10.6 Å². The number of allylic oxidation sites excluding steroid dienone is 2. The number of nitrogens with one attached hydrogen (secondary N) is 2. The van der Waals surface area contributed by atoms with Gasteiger partial charge in [-0.1, -0.05) is 72.8 Å². The summed E-state index contributed by atoms with van der Waals surface area (Å²) in [5.74, 6) is 1.13. The largest absolute Gasteiger partial charge is 0.456 e. The molecule has 0 saturated carbocycles. The molecule has 3 aromatic heterocycles. The van der Waals surface area contributed by atoms with Crippen molar-refractivity contribution in [1.82, 2.24) is 4.40 Å². The molecule has 1 aliphatic heterocycles. The van der Waals surface area contributed by atoms with Gasteiger partial charge in [0, 0.05) is 33.0 Å². The number of anilines is 2. The lowest BCUT2D eigenvalue weighted by Crippen LogP contribution is -2.41. The molecule has 2 aliphatic rings. The molecule has 4 heteroatoms. The lowest BCUT2D eigenvalue weighted by atomic mass is 9.99. The Hall–Kier alpha value is -4.44. The lowest BCUT2D eigenvalue weighted by molar-refractivity contribution is 0.669. The van der Waals surface area contributed by atoms with Crippen molar-refractivity contribution >= 4 is 71.4 Å². The molecule has 0 spiro atoms. The molecular formula is C30H19N3O. The van der Waals surface area contributed by atoms with Crippen LogP contribution in [0.4, 0.5) is 11.5 Å². The van der Waals surface area contributed by atoms with Gasteiger partial charge in [-0.2, -0.15) is 0 Å². The maximum Gasteiger partial charge on any atom is 0.137 e. The summed E-state index contributed by atoms with van der Waals surface area (Å²) in [7, 11) is 0. The minimum Gasteiger partial charge on any atom is -0.456 e. The third-order valence-electron chi connectivity index (χ3n) is 7.75. The van der Waals surface area contributed by atoms with Gasteiger partial charge in [0.2, 0.25) is 0 Å². The Morgan fingerprint density at radius 1 is 0.676 bits per heavy atom. The molecule has 2 N–H and O–H groups in total. The van der Waals surface area contributed by atoms with Crippen molar-refractivity contribution in [2.45, 2.75) is 12.1 Å². The fraction of sp³-hybridized carbons (Fsp3) is 0.0667. The zero-order valence-corrected chi connectivity index (χ0v) is 18.2. The van der Waals surface area contributed by atoms with Crippen molar-refractivity contribution in [3.63, 3.8) is 0 Å². The molecule has 4 aromatic carbocycles. The average Bonchev–Trinajstić information content (AvgIpc) is 3.52. The fourth-order valence-electron chi connectivity index (χ4n) is 6.27. The highest BCUT2D eigenvalue weighted by Crippen LogP contribution is 2.47. The van der Waals surface area contributed by atoms with Crippen LogP contribution in [0.5, 0.6) is 0 Å². The van der Waals surface area contributed by atoms with Crippen LogP contribution in [0.3, 0.4) is 0 Å². The number of aromatic nitrogens is 1. The summed E-state index contributed by atoms with van der Waals surface area (Å²) >= 11 is 0. The molecule has 9 rings (SSSR count). The van der Waals surface area contributed by atoms with E-state index in [4.69, 9.17) is 4.42 Å². The summed E-state index contributed by atoms with van der Waals surface area (Å²) in [5, 5.41) is 16.2. The van der Waals surface area contributed by atoms with E-state index in [2.05, 4.69) is 106 Å². The molecule has 0 saturated heterocycles. The van der Waals surface area contributed by atoms with Crippen LogP contribution < -0.4 is 10.6 Å². The van der Waals surface area contributed by atoms with Gasteiger partial charge < -0.3 is 15.1 Å². The van der Waals surface area contributed by atoms with E-state index < -0.39 is 0 Å². The lowest BCUT2D eigenvalue weighted by Gasteiger charge is -2.33. The Morgan fingerprint density at radius 2 is 1.50 bits per heavy atom. The van der Waals surface area contributed by atoms with E-state index in [1.54, 1.807) is 0 Å². The molecule has 0 radical (unpaired) electrons. The molecule has 0 amide bonds. The van der Waals surface area contributed by atoms with Gasteiger partial charge in [0.05, 0.1) is 28.8 Å². The van der Waals surface area contributed by atoms with Crippen LogP contribution >= 0.6 is 0 Å². The summed E-state index contributed by atoms with van der Waals surface area (Å²) in [6, 6.07) is 24.5. The van der Waals surface area contributed by atoms with Gasteiger partial charge in [0.25, 0.3) is 0 Å². The SMILES string of the molecule is C1=CC2Nc3c(n4c5cc6oc7ccc8ccccc8c7c6cc5c5cccc3c54)NC2C=C1. The van der Waals surface area contributed by atoms with E-state index in [1.807, 2.05) is 0 Å². The third-order valence-corrected chi connectivity index (χ3v) is 7.75. The van der Waals surface area contributed by atoms with Gasteiger partial charge in [-0.3, -0.25) is 4.40 Å². The number of furan rings is 1. The van der Waals surface area contributed by atoms with Crippen LogP contribution in [-0.4, -0.2) is 16.5 Å². The smallest absolute Gasteiger partial charge is 0.137 e. The molecular weight excluding hydrogens is 418 g/mol. The topological polar surface area (TPSA) is 41.6 Å². The Bertz CT molecular complexity index is 2040. The number of benzene rings is 4. The Balaban J connectivity index is 1.44. The molecule has 1 aliphatic carbocycles. The maximum atomic E-state index is 6.42. The van der Waals surface area contributed by atoms with Crippen LogP contribution in [0.25, 0.3) is 59.9 Å². The zero-order chi connectivity index (χ0) is 22.0. The van der Waals surface area contributed by atoms with Gasteiger partial charge in [-0.25, -0.2) is 0 Å². The Kier molecular flexibility index (Phi) is 2.88. The highest BCUT2D eigenvalue weighted by Gasteiger charge is 2.31. The molecule has 2 atom stereocenters. The normalized spacial score (nSPS) is 19.4. The van der Waals surface area contributed by atoms with Crippen molar-refractivity contribution < 1.29 is 4.42 Å². The second-order valence-electron chi connectivity index (χ2n) is 9.50. The molecule has 0 bridgehead atoms. The predicted molar refractivity (Wildman–Crippen MR) is 141 cm³/mol. The number of nitrogens with zero attached hydrogens (tertiary/aromatic N) is 1. The Labute approximate surface area is 194 Å². The maximum absolute atomic E-state index is 6.42. The van der Waals surface area contributed by atoms with Crippen molar-refractivity contribution in [1.29, 1.82) is 0 Å². The van der Waals surface area contributed by atoms with E-state index >= 15 is 0 Å². The van der Waals surface area contributed by atoms with Crippen LogP contribution in [0.1, 0.15) is 0 Å². The fourth-order valence-corrected chi connectivity index (χ4v) is 6.27. The number of rotatable bonds is 0. The van der Waals surface area contributed by atoms with Gasteiger partial charge in [0.15, 0.2) is 0 Å². The van der Waals surface area contributed by atoms with Gasteiger partial charge in [-0.15, -0.1) is 0 Å². The monoisotopic (exact) mass is 437 g/mol. The molecule has 2 unspecified atom stereocenters. The summed E-state index contributed by atoms with van der Waals surface area (Å²) in [6.45, 7) is 0. The first-order valence-electron chi connectivity index (χ1n) is 11.8. The molecule has 7 aromatic rings. The quantitative estimate of drug-likeness (QED) is 0.259. The van der Waals surface area contributed by atoms with Crippen molar-refractivity contribution in [3.05, 3.63) is 91.0 Å². The van der Waals surface area contributed by atoms with E-state index in [9.17, 15) is 0 Å². The summed E-state index contributed by atoms with van der Waals surface area (Å²) in [4.78, 5) is 0. The summed E-state index contributed by atoms with van der Waals surface area (Å²) in [6.07, 6.45) is 8.70. The van der Waals surface area contributed by atoms with Crippen molar-refractivity contribution in [2.24, 2.45) is 0 Å². The molecule has 160 valence electrons. The number of hydrogen-bond acceptors (Lipinski definition) is 3. The average molecular weight is 438 g/mol. The van der Waals surface area contributed by atoms with Crippen LogP contribution in [0.2, 0.25) is 0 Å². The zero-order valence-electron chi connectivity index (χ0n) is 18.2. The van der Waals surface area contributed by atoms with Gasteiger partial charge >= 0.3 is 0 Å². The van der Waals surface area contributed by atoms with Crippen LogP contribution in [0, 0.1) is 0 Å². The first kappa shape index (κ1) is 17.1. The van der Waals surface area contributed by atoms with Gasteiger partial charge in [0.1, 0.15) is 17.0 Å². The summed E-state index contributed by atoms with van der Waals surface area (Å²) < 4.78 is 8.80. The molecule has 4 heterocycles. The van der Waals surface area contributed by atoms with E-state index in [-0.39, 0.29) is 12.1 Å². The Morgan fingerprint density at radius 3 is 2.44 bits per heavy atom. The van der Waals surface area contributed by atoms with E-state index in [1.165, 1.54) is 54.4 Å². The molecule has 0 fully saturated rings. The first-order chi connectivity index (χ1) is 16.8.